The van der Waals surface area contributed by atoms with Crippen LogP contribution in [-0.2, 0) is 30.8 Å². The molecule has 2 aliphatic heterocycles. The number of amides is 1. The van der Waals surface area contributed by atoms with Crippen molar-refractivity contribution in [3.63, 3.8) is 0 Å². The Labute approximate surface area is 194 Å². The Morgan fingerprint density at radius 2 is 1.94 bits per heavy atom. The minimum absolute atomic E-state index is 0.0451. The van der Waals surface area contributed by atoms with Crippen LogP contribution in [0.2, 0.25) is 0 Å². The molecule has 3 heterocycles. The first kappa shape index (κ1) is 23.6. The molecule has 0 saturated carbocycles. The summed E-state index contributed by atoms with van der Waals surface area (Å²) in [6.07, 6.45) is 8.69. The van der Waals surface area contributed by atoms with Crippen molar-refractivity contribution in [3.05, 3.63) is 66.0 Å². The largest absolute Gasteiger partial charge is 0.379 e. The smallest absolute Gasteiger partial charge is 0.246 e. The van der Waals surface area contributed by atoms with Crippen molar-refractivity contribution < 1.29 is 22.7 Å². The first-order valence-corrected chi connectivity index (χ1v) is 12.6. The van der Waals surface area contributed by atoms with E-state index in [-0.39, 0.29) is 16.9 Å². The van der Waals surface area contributed by atoms with Crippen LogP contribution in [0.4, 0.5) is 0 Å². The van der Waals surface area contributed by atoms with Gasteiger partial charge in [0, 0.05) is 51.3 Å². The molecule has 0 spiro atoms. The van der Waals surface area contributed by atoms with Gasteiger partial charge >= 0.3 is 0 Å². The topological polar surface area (TPSA) is 89.0 Å². The zero-order chi connectivity index (χ0) is 23.1. The van der Waals surface area contributed by atoms with Gasteiger partial charge in [0.15, 0.2) is 0 Å². The van der Waals surface area contributed by atoms with E-state index in [1.807, 2.05) is 12.1 Å². The minimum Gasteiger partial charge on any atom is -0.379 e. The number of aromatic nitrogens is 1. The third kappa shape index (κ3) is 6.26. The van der Waals surface area contributed by atoms with E-state index >= 15 is 0 Å². The van der Waals surface area contributed by atoms with Gasteiger partial charge in [0.1, 0.15) is 0 Å². The number of benzene rings is 1. The Bertz CT molecular complexity index is 1050. The fourth-order valence-electron chi connectivity index (χ4n) is 3.94. The summed E-state index contributed by atoms with van der Waals surface area (Å²) in [6.45, 7) is 3.23. The molecule has 2 aliphatic rings. The molecule has 0 N–H and O–H groups in total. The van der Waals surface area contributed by atoms with E-state index in [9.17, 15) is 13.2 Å². The fourth-order valence-corrected chi connectivity index (χ4v) is 5.35. The van der Waals surface area contributed by atoms with Crippen LogP contribution >= 0.6 is 0 Å². The second-order valence-corrected chi connectivity index (χ2v) is 10.1. The van der Waals surface area contributed by atoms with E-state index in [1.165, 1.54) is 10.4 Å². The Morgan fingerprint density at radius 1 is 1.15 bits per heavy atom. The van der Waals surface area contributed by atoms with Crippen LogP contribution in [0.25, 0.3) is 6.08 Å². The fraction of sp³-hybridized carbons (Fsp3) is 0.417. The number of carbonyl (C=O) groups is 1. The Kier molecular flexibility index (Phi) is 7.87. The number of morpholine rings is 1. The van der Waals surface area contributed by atoms with Crippen LogP contribution in [0.3, 0.4) is 0 Å². The summed E-state index contributed by atoms with van der Waals surface area (Å²) in [5.41, 5.74) is 1.71. The number of rotatable bonds is 8. The highest BCUT2D eigenvalue weighted by molar-refractivity contribution is 7.89. The molecule has 1 aromatic carbocycles. The van der Waals surface area contributed by atoms with Crippen molar-refractivity contribution in [2.45, 2.75) is 30.4 Å². The number of nitrogens with zero attached hydrogens (tertiary/aromatic N) is 3. The normalized spacial score (nSPS) is 19.7. The summed E-state index contributed by atoms with van der Waals surface area (Å²) in [6, 6.07) is 10.4. The highest BCUT2D eigenvalue weighted by Crippen LogP contribution is 2.19. The van der Waals surface area contributed by atoms with Crippen molar-refractivity contribution in [1.82, 2.24) is 14.2 Å². The van der Waals surface area contributed by atoms with Crippen LogP contribution in [0.15, 0.2) is 59.8 Å². The zero-order valence-corrected chi connectivity index (χ0v) is 19.3. The van der Waals surface area contributed by atoms with E-state index in [0.717, 1.165) is 30.6 Å². The number of carbonyl (C=O) groups excluding carboxylic acids is 1. The molecule has 0 bridgehead atoms. The number of ether oxygens (including phenoxy) is 2. The van der Waals surface area contributed by atoms with Crippen molar-refractivity contribution in [2.75, 3.05) is 39.5 Å². The number of hydrogen-bond donors (Lipinski definition) is 0. The second-order valence-electron chi connectivity index (χ2n) is 8.13. The van der Waals surface area contributed by atoms with Gasteiger partial charge in [-0.25, -0.2) is 8.42 Å². The molecular weight excluding hydrogens is 442 g/mol. The highest BCUT2D eigenvalue weighted by Gasteiger charge is 2.26. The molecule has 33 heavy (non-hydrogen) atoms. The molecule has 1 aromatic heterocycles. The van der Waals surface area contributed by atoms with Gasteiger partial charge in [-0.15, -0.1) is 0 Å². The average Bonchev–Trinajstić information content (AvgIpc) is 3.37. The van der Waals surface area contributed by atoms with Gasteiger partial charge in [0.25, 0.3) is 0 Å². The first-order valence-electron chi connectivity index (χ1n) is 11.2. The lowest BCUT2D eigenvalue weighted by Gasteiger charge is -2.26. The predicted molar refractivity (Wildman–Crippen MR) is 124 cm³/mol. The molecule has 4 rings (SSSR count). The van der Waals surface area contributed by atoms with Crippen LogP contribution < -0.4 is 0 Å². The third-order valence-corrected chi connectivity index (χ3v) is 7.68. The van der Waals surface area contributed by atoms with Crippen molar-refractivity contribution >= 4 is 22.0 Å². The van der Waals surface area contributed by atoms with Gasteiger partial charge in [-0.1, -0.05) is 18.2 Å². The first-order chi connectivity index (χ1) is 16.0. The van der Waals surface area contributed by atoms with Crippen LogP contribution in [-0.4, -0.2) is 74.1 Å². The Balaban J connectivity index is 1.43. The number of hydrogen-bond acceptors (Lipinski definition) is 6. The van der Waals surface area contributed by atoms with E-state index in [4.69, 9.17) is 9.47 Å². The van der Waals surface area contributed by atoms with Gasteiger partial charge in [-0.2, -0.15) is 4.31 Å². The summed E-state index contributed by atoms with van der Waals surface area (Å²) < 4.78 is 37.9. The molecule has 0 radical (unpaired) electrons. The van der Waals surface area contributed by atoms with E-state index in [1.54, 1.807) is 47.6 Å². The van der Waals surface area contributed by atoms with Crippen molar-refractivity contribution in [2.24, 2.45) is 0 Å². The summed E-state index contributed by atoms with van der Waals surface area (Å²) in [7, 11) is -3.54. The lowest BCUT2D eigenvalue weighted by atomic mass is 10.2. The molecule has 1 atom stereocenters. The van der Waals surface area contributed by atoms with Gasteiger partial charge in [0.05, 0.1) is 24.2 Å². The quantitative estimate of drug-likeness (QED) is 0.549. The monoisotopic (exact) mass is 471 g/mol. The zero-order valence-electron chi connectivity index (χ0n) is 18.5. The number of pyridine rings is 1. The molecule has 8 nitrogen and oxygen atoms in total. The van der Waals surface area contributed by atoms with E-state index in [0.29, 0.717) is 39.4 Å². The van der Waals surface area contributed by atoms with E-state index < -0.39 is 10.0 Å². The van der Waals surface area contributed by atoms with Crippen molar-refractivity contribution in [1.29, 1.82) is 0 Å². The average molecular weight is 472 g/mol. The SMILES string of the molecule is O=C(/C=C/c1ccc(S(=O)(=O)N2CCOCC2)cc1)N(Cc1cccnc1)CC1CCCO1. The Hall–Kier alpha value is -2.59. The molecule has 2 aromatic rings. The maximum absolute atomic E-state index is 13.0. The van der Waals surface area contributed by atoms with Gasteiger partial charge < -0.3 is 14.4 Å². The molecule has 2 fully saturated rings. The van der Waals surface area contributed by atoms with Crippen LogP contribution in [0.1, 0.15) is 24.0 Å². The third-order valence-electron chi connectivity index (χ3n) is 5.76. The summed E-state index contributed by atoms with van der Waals surface area (Å²) in [5, 5.41) is 0. The van der Waals surface area contributed by atoms with Crippen LogP contribution in [0.5, 0.6) is 0 Å². The summed E-state index contributed by atoms with van der Waals surface area (Å²) in [4.78, 5) is 19.1. The van der Waals surface area contributed by atoms with Gasteiger partial charge in [-0.3, -0.25) is 9.78 Å². The molecule has 2 saturated heterocycles. The highest BCUT2D eigenvalue weighted by atomic mass is 32.2. The van der Waals surface area contributed by atoms with E-state index in [2.05, 4.69) is 4.98 Å². The lowest BCUT2D eigenvalue weighted by Crippen LogP contribution is -2.40. The van der Waals surface area contributed by atoms with Crippen molar-refractivity contribution in [3.8, 4) is 0 Å². The van der Waals surface area contributed by atoms with Gasteiger partial charge in [-0.05, 0) is 48.2 Å². The minimum atomic E-state index is -3.54. The predicted octanol–water partition coefficient (Wildman–Crippen LogP) is 2.32. The second kappa shape index (κ2) is 11.0. The Morgan fingerprint density at radius 3 is 2.61 bits per heavy atom. The molecular formula is C24H29N3O5S. The number of sulfonamides is 1. The molecule has 0 aliphatic carbocycles. The molecule has 9 heteroatoms. The maximum atomic E-state index is 13.0. The lowest BCUT2D eigenvalue weighted by molar-refractivity contribution is -0.128. The van der Waals surface area contributed by atoms with Crippen LogP contribution in [0, 0.1) is 0 Å². The molecule has 176 valence electrons. The summed E-state index contributed by atoms with van der Waals surface area (Å²) >= 11 is 0. The molecule has 1 unspecified atom stereocenters. The molecule has 1 amide bonds. The van der Waals surface area contributed by atoms with Gasteiger partial charge in [0.2, 0.25) is 15.9 Å². The maximum Gasteiger partial charge on any atom is 0.246 e. The summed E-state index contributed by atoms with van der Waals surface area (Å²) in [5.74, 6) is -0.126. The standard InChI is InChI=1S/C24H29N3O5S/c28-24(26(19-22-4-2-14-32-22)18-21-3-1-11-25-17-21)10-7-20-5-8-23(9-6-20)33(29,30)27-12-15-31-16-13-27/h1,3,5-11,17,22H,2,4,12-16,18-19H2/b10-7+.